The Bertz CT molecular complexity index is 1300. The number of rotatable bonds is 39. The van der Waals surface area contributed by atoms with Gasteiger partial charge in [-0.1, -0.05) is 168 Å². The van der Waals surface area contributed by atoms with Gasteiger partial charge in [0.05, 0.1) is 38.6 Å². The second-order valence-corrected chi connectivity index (χ2v) is 20.1. The molecule has 0 aromatic heterocycles. The van der Waals surface area contributed by atoms with Crippen LogP contribution in [0.4, 0.5) is 0 Å². The maximum absolute atomic E-state index is 13.2. The van der Waals surface area contributed by atoms with E-state index in [1.165, 1.54) is 96.3 Å². The average Bonchev–Trinajstić information content (AvgIpc) is 3.35. The fourth-order valence-corrected chi connectivity index (χ4v) is 9.61. The Morgan fingerprint density at radius 3 is 1.24 bits per heavy atom. The van der Waals surface area contributed by atoms with Gasteiger partial charge >= 0.3 is 0 Å². The maximum Gasteiger partial charge on any atom is 0.220 e. The van der Waals surface area contributed by atoms with E-state index in [-0.39, 0.29) is 18.9 Å². The summed E-state index contributed by atoms with van der Waals surface area (Å²) in [6.07, 6.45) is 3.83. The maximum atomic E-state index is 13.2. The van der Waals surface area contributed by atoms with E-state index in [1.807, 2.05) is 0 Å². The summed E-state index contributed by atoms with van der Waals surface area (Å²) in [6, 6.07) is -0.876. The highest BCUT2D eigenvalue weighted by Crippen LogP contribution is 2.33. The number of hydrogen-bond acceptors (Lipinski definition) is 18. The van der Waals surface area contributed by atoms with E-state index in [4.69, 9.17) is 28.4 Å². The summed E-state index contributed by atoms with van der Waals surface area (Å²) in [5.41, 5.74) is 0. The third-order valence-corrected chi connectivity index (χ3v) is 14.2. The molecule has 12 N–H and O–H groups in total. The molecule has 0 aromatic carbocycles. The number of hydrogen-bond donors (Lipinski definition) is 12. The van der Waals surface area contributed by atoms with Crippen LogP contribution < -0.4 is 5.32 Å². The number of amides is 1. The number of carbonyl (C=O) groups is 1. The van der Waals surface area contributed by atoms with Crippen LogP contribution in [0.3, 0.4) is 0 Å². The van der Waals surface area contributed by atoms with E-state index < -0.39 is 124 Å². The van der Waals surface area contributed by atoms with Gasteiger partial charge in [0, 0.05) is 6.42 Å². The van der Waals surface area contributed by atoms with Crippen molar-refractivity contribution in [2.75, 3.05) is 26.4 Å². The molecule has 0 saturated carbocycles. The van der Waals surface area contributed by atoms with Gasteiger partial charge in [-0.2, -0.15) is 0 Å². The van der Waals surface area contributed by atoms with Crippen LogP contribution in [-0.2, 0) is 33.2 Å². The average molecular weight is 1010 g/mol. The first-order valence-electron chi connectivity index (χ1n) is 27.3. The lowest BCUT2D eigenvalue weighted by Gasteiger charge is -2.48. The Hall–Kier alpha value is -1.21. The van der Waals surface area contributed by atoms with Gasteiger partial charge in [0.15, 0.2) is 18.9 Å². The summed E-state index contributed by atoms with van der Waals surface area (Å²) >= 11 is 0. The van der Waals surface area contributed by atoms with Crippen molar-refractivity contribution in [1.29, 1.82) is 0 Å². The van der Waals surface area contributed by atoms with Crippen molar-refractivity contribution < 1.29 is 89.4 Å². The molecule has 1 amide bonds. The summed E-state index contributed by atoms with van der Waals surface area (Å²) < 4.78 is 34.1. The quantitative estimate of drug-likeness (QED) is 0.0394. The predicted octanol–water partition coefficient (Wildman–Crippen LogP) is 2.87. The summed E-state index contributed by atoms with van der Waals surface area (Å²) in [5.74, 6) is -0.245. The van der Waals surface area contributed by atoms with Crippen molar-refractivity contribution in [2.24, 2.45) is 0 Å². The molecule has 70 heavy (non-hydrogen) atoms. The minimum absolute atomic E-state index is 0.245. The van der Waals surface area contributed by atoms with E-state index >= 15 is 0 Å². The minimum atomic E-state index is -1.97. The Morgan fingerprint density at radius 1 is 0.457 bits per heavy atom. The minimum Gasteiger partial charge on any atom is -0.394 e. The molecule has 0 aliphatic carbocycles. The molecule has 0 aromatic rings. The Labute approximate surface area is 417 Å². The van der Waals surface area contributed by atoms with Crippen molar-refractivity contribution in [2.45, 2.75) is 291 Å². The van der Waals surface area contributed by atoms with Crippen molar-refractivity contribution in [3.63, 3.8) is 0 Å². The summed E-state index contributed by atoms with van der Waals surface area (Å²) in [6.45, 7) is 1.72. The van der Waals surface area contributed by atoms with Crippen LogP contribution in [-0.4, -0.2) is 193 Å². The van der Waals surface area contributed by atoms with Crippen LogP contribution in [0.2, 0.25) is 0 Å². The highest BCUT2D eigenvalue weighted by Gasteiger charge is 2.53. The second-order valence-electron chi connectivity index (χ2n) is 20.1. The Balaban J connectivity index is 1.48. The van der Waals surface area contributed by atoms with Crippen LogP contribution in [0.15, 0.2) is 0 Å². The lowest BCUT2D eigenvalue weighted by atomic mass is 9.96. The first-order valence-corrected chi connectivity index (χ1v) is 27.3. The predicted molar refractivity (Wildman–Crippen MR) is 259 cm³/mol. The van der Waals surface area contributed by atoms with Crippen molar-refractivity contribution in [3.05, 3.63) is 0 Å². The molecule has 3 saturated heterocycles. The molecule has 19 heteroatoms. The fourth-order valence-electron chi connectivity index (χ4n) is 9.61. The molecular weight excluding hydrogens is 915 g/mol. The van der Waals surface area contributed by atoms with E-state index in [2.05, 4.69) is 19.2 Å². The fraction of sp³-hybridized carbons (Fsp3) is 0.980. The van der Waals surface area contributed by atoms with Gasteiger partial charge in [-0.05, 0) is 12.8 Å². The van der Waals surface area contributed by atoms with Crippen LogP contribution in [0.25, 0.3) is 0 Å². The smallest absolute Gasteiger partial charge is 0.220 e. The third kappa shape index (κ3) is 21.9. The number of carbonyl (C=O) groups excluding carboxylic acids is 1. The van der Waals surface area contributed by atoms with E-state index in [0.717, 1.165) is 57.8 Å². The number of aliphatic hydroxyl groups excluding tert-OH is 11. The summed E-state index contributed by atoms with van der Waals surface area (Å²) in [5, 5.41) is 120. The lowest BCUT2D eigenvalue weighted by molar-refractivity contribution is -0.379. The molecule has 3 aliphatic rings. The SMILES string of the molecule is CCCCCCCCCCCCCCCCCCCCC(=O)NC(COC1OC(CO)C(OC2OC(CO)C(OC3OC(CO)C(O)C(O)C3O)C(O)C2O)C(O)C1O)C(O)CCCCCCCCC. The first kappa shape index (κ1) is 63.1. The van der Waals surface area contributed by atoms with Gasteiger partial charge in [0.2, 0.25) is 5.91 Å². The molecule has 3 heterocycles. The molecule has 0 bridgehead atoms. The first-order chi connectivity index (χ1) is 33.8. The molecule has 19 nitrogen and oxygen atoms in total. The highest BCUT2D eigenvalue weighted by molar-refractivity contribution is 5.76. The Kier molecular flexibility index (Phi) is 33.1. The Morgan fingerprint density at radius 2 is 0.814 bits per heavy atom. The lowest BCUT2D eigenvalue weighted by Crippen LogP contribution is -2.66. The third-order valence-electron chi connectivity index (χ3n) is 14.2. The molecular formula is C51H97NO18. The van der Waals surface area contributed by atoms with Crippen LogP contribution in [0.1, 0.15) is 187 Å². The summed E-state index contributed by atoms with van der Waals surface area (Å²) in [7, 11) is 0. The van der Waals surface area contributed by atoms with E-state index in [1.54, 1.807) is 0 Å². The monoisotopic (exact) mass is 1010 g/mol. The number of aliphatic hydroxyl groups is 11. The van der Waals surface area contributed by atoms with Gasteiger partial charge in [0.25, 0.3) is 0 Å². The van der Waals surface area contributed by atoms with Gasteiger partial charge in [-0.3, -0.25) is 4.79 Å². The molecule has 17 unspecified atom stereocenters. The van der Waals surface area contributed by atoms with Gasteiger partial charge in [-0.25, -0.2) is 0 Å². The van der Waals surface area contributed by atoms with Crippen LogP contribution in [0.5, 0.6) is 0 Å². The zero-order valence-electron chi connectivity index (χ0n) is 42.5. The summed E-state index contributed by atoms with van der Waals surface area (Å²) in [4.78, 5) is 13.2. The molecule has 17 atom stereocenters. The van der Waals surface area contributed by atoms with Gasteiger partial charge < -0.3 is 89.9 Å². The normalized spacial score (nSPS) is 32.5. The van der Waals surface area contributed by atoms with Gasteiger partial charge in [0.1, 0.15) is 73.2 Å². The molecule has 3 rings (SSSR count). The van der Waals surface area contributed by atoms with Crippen LogP contribution in [0, 0.1) is 0 Å². The number of ether oxygens (including phenoxy) is 6. The number of nitrogens with one attached hydrogen (secondary N) is 1. The molecule has 414 valence electrons. The van der Waals surface area contributed by atoms with E-state index in [9.17, 15) is 61.0 Å². The highest BCUT2D eigenvalue weighted by atomic mass is 16.8. The molecule has 3 aliphatic heterocycles. The molecule has 0 radical (unpaired) electrons. The van der Waals surface area contributed by atoms with Crippen molar-refractivity contribution >= 4 is 5.91 Å². The number of unbranched alkanes of at least 4 members (excludes halogenated alkanes) is 23. The van der Waals surface area contributed by atoms with Crippen molar-refractivity contribution in [3.8, 4) is 0 Å². The molecule has 3 fully saturated rings. The zero-order chi connectivity index (χ0) is 51.3. The second kappa shape index (κ2) is 36.7. The standard InChI is InChI=1S/C51H97NO18/c1-3-5-7-9-11-12-13-14-15-16-17-18-19-20-21-23-25-27-29-39(57)52-34(35(56)28-26-24-22-10-8-6-4-2)33-65-49-45(63)42(60)47(37(31-54)67-49)70-51-46(64)43(61)48(38(32-55)68-51)69-50-44(62)41(59)40(58)36(30-53)66-50/h34-38,40-51,53-56,58-64H,3-33H2,1-2H3,(H,52,57). The van der Waals surface area contributed by atoms with Crippen molar-refractivity contribution in [1.82, 2.24) is 5.32 Å². The van der Waals surface area contributed by atoms with Gasteiger partial charge in [-0.15, -0.1) is 0 Å². The van der Waals surface area contributed by atoms with E-state index in [0.29, 0.717) is 12.8 Å². The molecule has 0 spiro atoms. The van der Waals surface area contributed by atoms with Crippen LogP contribution >= 0.6 is 0 Å². The largest absolute Gasteiger partial charge is 0.394 e. The zero-order valence-corrected chi connectivity index (χ0v) is 42.5. The topological polar surface area (TPSA) is 307 Å².